The molecule has 0 aliphatic carbocycles. The van der Waals surface area contributed by atoms with Gasteiger partial charge >= 0.3 is 6.61 Å². The molecule has 5 nitrogen and oxygen atoms in total. The fourth-order valence-electron chi connectivity index (χ4n) is 2.27. The molecule has 3 rings (SSSR count). The van der Waals surface area contributed by atoms with Gasteiger partial charge in [0, 0.05) is 16.5 Å². The summed E-state index contributed by atoms with van der Waals surface area (Å²) in [5, 5.41) is 5.21. The van der Waals surface area contributed by atoms with E-state index >= 15 is 0 Å². The third kappa shape index (κ3) is 4.72. The molecule has 1 heterocycles. The molecule has 0 unspecified atom stereocenters. The van der Waals surface area contributed by atoms with Gasteiger partial charge in [-0.25, -0.2) is 4.98 Å². The van der Waals surface area contributed by atoms with E-state index in [0.717, 1.165) is 5.56 Å². The predicted octanol–water partition coefficient (Wildman–Crippen LogP) is 5.33. The number of hydrogen-bond acceptors (Lipinski definition) is 5. The SMILES string of the molecule is COc1ccc(-c2csc(NC(=O)c3cccc(OC(F)F)c3)n2)cc1Cl. The first-order valence-corrected chi connectivity index (χ1v) is 8.87. The minimum absolute atomic E-state index is 0.0923. The number of nitrogens with zero attached hydrogens (tertiary/aromatic N) is 1. The normalized spacial score (nSPS) is 10.7. The Kier molecular flexibility index (Phi) is 5.88. The lowest BCUT2D eigenvalue weighted by Gasteiger charge is -2.06. The molecule has 0 radical (unpaired) electrons. The zero-order valence-electron chi connectivity index (χ0n) is 13.9. The molecule has 0 saturated carbocycles. The smallest absolute Gasteiger partial charge is 0.387 e. The average molecular weight is 411 g/mol. The fourth-order valence-corrected chi connectivity index (χ4v) is 3.24. The number of benzene rings is 2. The van der Waals surface area contributed by atoms with Crippen LogP contribution in [0, 0.1) is 0 Å². The molecule has 1 N–H and O–H groups in total. The van der Waals surface area contributed by atoms with Gasteiger partial charge in [-0.3, -0.25) is 10.1 Å². The van der Waals surface area contributed by atoms with Crippen LogP contribution in [-0.2, 0) is 0 Å². The van der Waals surface area contributed by atoms with E-state index in [0.29, 0.717) is 21.6 Å². The van der Waals surface area contributed by atoms with Crippen molar-refractivity contribution in [2.24, 2.45) is 0 Å². The number of amides is 1. The van der Waals surface area contributed by atoms with Gasteiger partial charge in [0.25, 0.3) is 5.91 Å². The van der Waals surface area contributed by atoms with Crippen LogP contribution in [-0.4, -0.2) is 24.6 Å². The maximum absolute atomic E-state index is 12.3. The Morgan fingerprint density at radius 3 is 2.78 bits per heavy atom. The number of thiazole rings is 1. The van der Waals surface area contributed by atoms with E-state index in [4.69, 9.17) is 16.3 Å². The Labute approximate surface area is 162 Å². The first-order chi connectivity index (χ1) is 13.0. The quantitative estimate of drug-likeness (QED) is 0.597. The van der Waals surface area contributed by atoms with E-state index in [-0.39, 0.29) is 11.3 Å². The van der Waals surface area contributed by atoms with Crippen LogP contribution in [0.4, 0.5) is 13.9 Å². The van der Waals surface area contributed by atoms with Crippen molar-refractivity contribution in [3.63, 3.8) is 0 Å². The van der Waals surface area contributed by atoms with E-state index in [2.05, 4.69) is 15.0 Å². The summed E-state index contributed by atoms with van der Waals surface area (Å²) in [5.41, 5.74) is 1.58. The molecular formula is C18H13ClF2N2O3S. The monoisotopic (exact) mass is 410 g/mol. The molecular weight excluding hydrogens is 398 g/mol. The summed E-state index contributed by atoms with van der Waals surface area (Å²) >= 11 is 7.35. The third-order valence-electron chi connectivity index (χ3n) is 3.49. The van der Waals surface area contributed by atoms with Crippen LogP contribution >= 0.6 is 22.9 Å². The first kappa shape index (κ1) is 19.1. The van der Waals surface area contributed by atoms with Crippen molar-refractivity contribution < 1.29 is 23.0 Å². The minimum atomic E-state index is -2.96. The highest BCUT2D eigenvalue weighted by Gasteiger charge is 2.13. The summed E-state index contributed by atoms with van der Waals surface area (Å²) in [6.45, 7) is -2.96. The molecule has 9 heteroatoms. The molecule has 0 bridgehead atoms. The van der Waals surface area contributed by atoms with Crippen LogP contribution in [0.3, 0.4) is 0 Å². The van der Waals surface area contributed by atoms with E-state index in [1.807, 2.05) is 0 Å². The molecule has 140 valence electrons. The summed E-state index contributed by atoms with van der Waals surface area (Å²) in [6.07, 6.45) is 0. The Balaban J connectivity index is 1.74. The van der Waals surface area contributed by atoms with Gasteiger partial charge in [0.1, 0.15) is 11.5 Å². The van der Waals surface area contributed by atoms with Gasteiger partial charge < -0.3 is 9.47 Å². The van der Waals surface area contributed by atoms with Crippen LogP contribution in [0.1, 0.15) is 10.4 Å². The number of halogens is 3. The van der Waals surface area contributed by atoms with Gasteiger partial charge in [0.05, 0.1) is 17.8 Å². The topological polar surface area (TPSA) is 60.5 Å². The number of nitrogens with one attached hydrogen (secondary N) is 1. The molecule has 0 saturated heterocycles. The average Bonchev–Trinajstić information content (AvgIpc) is 3.09. The highest BCUT2D eigenvalue weighted by Crippen LogP contribution is 2.32. The van der Waals surface area contributed by atoms with E-state index in [9.17, 15) is 13.6 Å². The molecule has 0 atom stereocenters. The van der Waals surface area contributed by atoms with E-state index < -0.39 is 12.5 Å². The molecule has 3 aromatic rings. The number of ether oxygens (including phenoxy) is 2. The Bertz CT molecular complexity index is 965. The Morgan fingerprint density at radius 2 is 2.07 bits per heavy atom. The van der Waals surface area contributed by atoms with Gasteiger partial charge in [0.2, 0.25) is 0 Å². The Hall–Kier alpha value is -2.71. The number of carbonyl (C=O) groups excluding carboxylic acids is 1. The number of aromatic nitrogens is 1. The maximum Gasteiger partial charge on any atom is 0.387 e. The number of carbonyl (C=O) groups is 1. The number of anilines is 1. The maximum atomic E-state index is 12.3. The molecule has 1 amide bonds. The van der Waals surface area contributed by atoms with Gasteiger partial charge in [0.15, 0.2) is 5.13 Å². The molecule has 0 spiro atoms. The van der Waals surface area contributed by atoms with Crippen LogP contribution in [0.15, 0.2) is 47.8 Å². The number of rotatable bonds is 6. The number of alkyl halides is 2. The molecule has 0 fully saturated rings. The lowest BCUT2D eigenvalue weighted by atomic mass is 10.2. The lowest BCUT2D eigenvalue weighted by Crippen LogP contribution is -2.12. The minimum Gasteiger partial charge on any atom is -0.495 e. The molecule has 0 aliphatic rings. The standard InChI is InChI=1S/C18H13ClF2N2O3S/c1-25-15-6-5-10(8-13(15)19)14-9-27-18(22-14)23-16(24)11-3-2-4-12(7-11)26-17(20)21/h2-9,17H,1H3,(H,22,23,24). The second-order valence-electron chi connectivity index (χ2n) is 5.25. The van der Waals surface area contributed by atoms with Gasteiger partial charge in [-0.15, -0.1) is 11.3 Å². The second kappa shape index (κ2) is 8.32. The van der Waals surface area contributed by atoms with Crippen LogP contribution < -0.4 is 14.8 Å². The zero-order chi connectivity index (χ0) is 19.4. The highest BCUT2D eigenvalue weighted by atomic mass is 35.5. The van der Waals surface area contributed by atoms with Crippen molar-refractivity contribution in [1.82, 2.24) is 4.98 Å². The van der Waals surface area contributed by atoms with Crippen molar-refractivity contribution in [3.05, 3.63) is 58.4 Å². The first-order valence-electron chi connectivity index (χ1n) is 7.62. The van der Waals surface area contributed by atoms with E-state index in [1.54, 1.807) is 23.6 Å². The van der Waals surface area contributed by atoms with Crippen LogP contribution in [0.5, 0.6) is 11.5 Å². The van der Waals surface area contributed by atoms with Crippen molar-refractivity contribution in [2.75, 3.05) is 12.4 Å². The summed E-state index contributed by atoms with van der Waals surface area (Å²) in [4.78, 5) is 16.7. The zero-order valence-corrected chi connectivity index (χ0v) is 15.5. The van der Waals surface area contributed by atoms with Gasteiger partial charge in [-0.05, 0) is 36.4 Å². The van der Waals surface area contributed by atoms with Crippen LogP contribution in [0.2, 0.25) is 5.02 Å². The van der Waals surface area contributed by atoms with Crippen LogP contribution in [0.25, 0.3) is 11.3 Å². The third-order valence-corrected chi connectivity index (χ3v) is 4.55. The molecule has 0 aliphatic heterocycles. The van der Waals surface area contributed by atoms with Crippen molar-refractivity contribution in [1.29, 1.82) is 0 Å². The van der Waals surface area contributed by atoms with E-state index in [1.165, 1.54) is 42.7 Å². The summed E-state index contributed by atoms with van der Waals surface area (Å²) < 4.78 is 34.0. The number of hydrogen-bond donors (Lipinski definition) is 1. The van der Waals surface area contributed by atoms with Gasteiger partial charge in [-0.1, -0.05) is 17.7 Å². The lowest BCUT2D eigenvalue weighted by molar-refractivity contribution is -0.0498. The predicted molar refractivity (Wildman–Crippen MR) is 100 cm³/mol. The molecule has 2 aromatic carbocycles. The largest absolute Gasteiger partial charge is 0.495 e. The second-order valence-corrected chi connectivity index (χ2v) is 6.51. The van der Waals surface area contributed by atoms with Crippen molar-refractivity contribution in [3.8, 4) is 22.8 Å². The highest BCUT2D eigenvalue weighted by molar-refractivity contribution is 7.14. The Morgan fingerprint density at radius 1 is 1.26 bits per heavy atom. The molecule has 1 aromatic heterocycles. The van der Waals surface area contributed by atoms with Crippen molar-refractivity contribution >= 4 is 34.0 Å². The summed E-state index contributed by atoms with van der Waals surface area (Å²) in [7, 11) is 1.53. The molecule has 27 heavy (non-hydrogen) atoms. The summed E-state index contributed by atoms with van der Waals surface area (Å²) in [6, 6.07) is 10.8. The summed E-state index contributed by atoms with van der Waals surface area (Å²) in [5.74, 6) is -0.0243. The van der Waals surface area contributed by atoms with Crippen molar-refractivity contribution in [2.45, 2.75) is 6.61 Å². The number of methoxy groups -OCH3 is 1. The van der Waals surface area contributed by atoms with Gasteiger partial charge in [-0.2, -0.15) is 8.78 Å². The fraction of sp³-hybridized carbons (Fsp3) is 0.111.